The maximum atomic E-state index is 11.5. The largest absolute Gasteiger partial charge is 0.478 e. The summed E-state index contributed by atoms with van der Waals surface area (Å²) in [6.45, 7) is -0.206. The van der Waals surface area contributed by atoms with Gasteiger partial charge in [-0.3, -0.25) is 9.59 Å². The molecule has 0 aliphatic rings. The average Bonchev–Trinajstić information content (AvgIpc) is 2.35. The molecule has 7 heteroatoms. The number of hydrogen-bond acceptors (Lipinski definition) is 4. The van der Waals surface area contributed by atoms with E-state index in [-0.39, 0.29) is 23.2 Å². The molecule has 0 radical (unpaired) electrons. The zero-order chi connectivity index (χ0) is 13.7. The van der Waals surface area contributed by atoms with Gasteiger partial charge in [0.25, 0.3) is 5.91 Å². The number of carboxylic acids is 1. The smallest absolute Gasteiger partial charge is 0.335 e. The van der Waals surface area contributed by atoms with E-state index in [4.69, 9.17) is 10.8 Å². The van der Waals surface area contributed by atoms with Crippen LogP contribution in [0.4, 0.5) is 0 Å². The molecule has 4 N–H and O–H groups in total. The molecule has 0 spiro atoms. The lowest BCUT2D eigenvalue weighted by molar-refractivity contribution is -0.107. The number of nitrogens with one attached hydrogen (secondary N) is 1. The number of nitrogens with two attached hydrogens (primary N) is 1. The molecule has 0 aromatic heterocycles. The first-order valence-corrected chi connectivity index (χ1v) is 4.85. The predicted molar refractivity (Wildman–Crippen MR) is 60.3 cm³/mol. The van der Waals surface area contributed by atoms with Crippen LogP contribution in [0.3, 0.4) is 0 Å². The Balaban J connectivity index is 3.18. The van der Waals surface area contributed by atoms with Gasteiger partial charge in [0, 0.05) is 11.1 Å². The highest BCUT2D eigenvalue weighted by Crippen LogP contribution is 2.10. The number of aromatic carboxylic acids is 1. The molecule has 2 amide bonds. The topological polar surface area (TPSA) is 127 Å². The van der Waals surface area contributed by atoms with Gasteiger partial charge in [-0.1, -0.05) is 0 Å². The van der Waals surface area contributed by atoms with E-state index in [2.05, 4.69) is 5.32 Å². The fraction of sp³-hybridized carbons (Fsp3) is 0.0909. The highest BCUT2D eigenvalue weighted by molar-refractivity contribution is 6.02. The minimum Gasteiger partial charge on any atom is -0.478 e. The Bertz CT molecular complexity index is 492. The Morgan fingerprint density at radius 3 is 2.22 bits per heavy atom. The monoisotopic (exact) mass is 250 g/mol. The number of benzene rings is 1. The van der Waals surface area contributed by atoms with Gasteiger partial charge >= 0.3 is 5.97 Å². The number of carboxylic acid groups (broad SMARTS) is 1. The summed E-state index contributed by atoms with van der Waals surface area (Å²) in [4.78, 5) is 43.5. The molecule has 1 aromatic rings. The lowest BCUT2D eigenvalue weighted by Crippen LogP contribution is -2.26. The molecule has 0 bridgehead atoms. The number of aldehydes is 1. The van der Waals surface area contributed by atoms with Crippen molar-refractivity contribution in [2.75, 3.05) is 6.54 Å². The molecular formula is C11H10N2O5. The van der Waals surface area contributed by atoms with Crippen LogP contribution in [0, 0.1) is 0 Å². The van der Waals surface area contributed by atoms with Crippen molar-refractivity contribution in [1.82, 2.24) is 5.32 Å². The lowest BCUT2D eigenvalue weighted by Gasteiger charge is -2.05. The van der Waals surface area contributed by atoms with Crippen molar-refractivity contribution < 1.29 is 24.3 Å². The molecule has 94 valence electrons. The van der Waals surface area contributed by atoms with Gasteiger partial charge in [0.1, 0.15) is 6.29 Å². The molecule has 0 heterocycles. The van der Waals surface area contributed by atoms with Crippen molar-refractivity contribution in [1.29, 1.82) is 0 Å². The van der Waals surface area contributed by atoms with E-state index in [1.165, 1.54) is 0 Å². The average molecular weight is 250 g/mol. The fourth-order valence-corrected chi connectivity index (χ4v) is 1.26. The molecule has 18 heavy (non-hydrogen) atoms. The van der Waals surface area contributed by atoms with Gasteiger partial charge in [-0.05, 0) is 18.2 Å². The van der Waals surface area contributed by atoms with Crippen molar-refractivity contribution in [3.63, 3.8) is 0 Å². The van der Waals surface area contributed by atoms with Crippen LogP contribution in [0.15, 0.2) is 18.2 Å². The number of primary amides is 1. The van der Waals surface area contributed by atoms with Gasteiger partial charge in [-0.2, -0.15) is 0 Å². The molecular weight excluding hydrogens is 240 g/mol. The van der Waals surface area contributed by atoms with Crippen LogP contribution in [0.1, 0.15) is 31.1 Å². The summed E-state index contributed by atoms with van der Waals surface area (Å²) in [6.07, 6.45) is 0.480. The minimum absolute atomic E-state index is 0.0504. The lowest BCUT2D eigenvalue weighted by atomic mass is 10.0. The molecule has 0 unspecified atom stereocenters. The van der Waals surface area contributed by atoms with Crippen LogP contribution in [-0.2, 0) is 4.79 Å². The Morgan fingerprint density at radius 2 is 1.72 bits per heavy atom. The van der Waals surface area contributed by atoms with Gasteiger partial charge in [-0.25, -0.2) is 4.79 Å². The van der Waals surface area contributed by atoms with Crippen LogP contribution in [0.2, 0.25) is 0 Å². The summed E-state index contributed by atoms with van der Waals surface area (Å²) < 4.78 is 0. The number of rotatable bonds is 5. The molecule has 0 fully saturated rings. The van der Waals surface area contributed by atoms with Crippen molar-refractivity contribution in [2.24, 2.45) is 5.73 Å². The van der Waals surface area contributed by atoms with E-state index in [1.807, 2.05) is 0 Å². The molecule has 1 rings (SSSR count). The summed E-state index contributed by atoms with van der Waals surface area (Å²) in [7, 11) is 0. The van der Waals surface area contributed by atoms with Crippen molar-refractivity contribution >= 4 is 24.1 Å². The third-order valence-electron chi connectivity index (χ3n) is 2.07. The second-order valence-corrected chi connectivity index (χ2v) is 3.35. The number of carbonyl (C=O) groups is 4. The van der Waals surface area contributed by atoms with Crippen LogP contribution >= 0.6 is 0 Å². The van der Waals surface area contributed by atoms with E-state index in [9.17, 15) is 19.2 Å². The second kappa shape index (κ2) is 5.58. The van der Waals surface area contributed by atoms with E-state index >= 15 is 0 Å². The van der Waals surface area contributed by atoms with Gasteiger partial charge in [0.05, 0.1) is 12.1 Å². The first-order valence-electron chi connectivity index (χ1n) is 4.85. The van der Waals surface area contributed by atoms with E-state index in [1.54, 1.807) is 0 Å². The Labute approximate surface area is 102 Å². The summed E-state index contributed by atoms with van der Waals surface area (Å²) >= 11 is 0. The molecule has 0 saturated heterocycles. The third kappa shape index (κ3) is 3.14. The Morgan fingerprint density at radius 1 is 1.17 bits per heavy atom. The molecule has 0 aliphatic carbocycles. The molecule has 1 aromatic carbocycles. The maximum Gasteiger partial charge on any atom is 0.335 e. The first kappa shape index (κ1) is 13.4. The highest BCUT2D eigenvalue weighted by Gasteiger charge is 2.14. The summed E-state index contributed by atoms with van der Waals surface area (Å²) in [5.41, 5.74) is 4.66. The predicted octanol–water partition coefficient (Wildman–Crippen LogP) is -0.588. The summed E-state index contributed by atoms with van der Waals surface area (Å²) in [5, 5.41) is 11.1. The Hall–Kier alpha value is -2.70. The normalized spacial score (nSPS) is 9.56. The van der Waals surface area contributed by atoms with Crippen molar-refractivity contribution in [3.8, 4) is 0 Å². The van der Waals surface area contributed by atoms with Crippen LogP contribution in [0.25, 0.3) is 0 Å². The van der Waals surface area contributed by atoms with Crippen LogP contribution in [-0.4, -0.2) is 35.7 Å². The molecule has 7 nitrogen and oxygen atoms in total. The number of hydrogen-bond donors (Lipinski definition) is 3. The van der Waals surface area contributed by atoms with Crippen LogP contribution < -0.4 is 11.1 Å². The number of amides is 2. The third-order valence-corrected chi connectivity index (χ3v) is 2.07. The van der Waals surface area contributed by atoms with Gasteiger partial charge in [0.15, 0.2) is 0 Å². The van der Waals surface area contributed by atoms with Crippen LogP contribution in [0.5, 0.6) is 0 Å². The Kier molecular flexibility index (Phi) is 4.14. The molecule has 0 aliphatic heterocycles. The van der Waals surface area contributed by atoms with Crippen molar-refractivity contribution in [3.05, 3.63) is 34.9 Å². The summed E-state index contributed by atoms with van der Waals surface area (Å²) in [5.74, 6) is -2.79. The standard InChI is InChI=1S/C11H10N2O5/c12-9(15)6-3-7(10(16)13-1-2-14)5-8(4-6)11(17)18/h2-5H,1H2,(H2,12,15)(H,13,16)(H,17,18). The van der Waals surface area contributed by atoms with Gasteiger partial charge in [0.2, 0.25) is 5.91 Å². The fourth-order valence-electron chi connectivity index (χ4n) is 1.26. The van der Waals surface area contributed by atoms with E-state index in [0.29, 0.717) is 6.29 Å². The zero-order valence-electron chi connectivity index (χ0n) is 9.17. The van der Waals surface area contributed by atoms with Gasteiger partial charge in [-0.15, -0.1) is 0 Å². The number of carbonyl (C=O) groups excluding carboxylic acids is 3. The molecule has 0 atom stereocenters. The summed E-state index contributed by atoms with van der Waals surface area (Å²) in [6, 6.07) is 3.32. The highest BCUT2D eigenvalue weighted by atomic mass is 16.4. The van der Waals surface area contributed by atoms with Crippen molar-refractivity contribution in [2.45, 2.75) is 0 Å². The SMILES string of the molecule is NC(=O)c1cc(C(=O)O)cc(C(=O)NCC=O)c1. The molecule has 0 saturated carbocycles. The van der Waals surface area contributed by atoms with E-state index < -0.39 is 17.8 Å². The zero-order valence-corrected chi connectivity index (χ0v) is 9.17. The first-order chi connectivity index (χ1) is 8.45. The quantitative estimate of drug-likeness (QED) is 0.602. The second-order valence-electron chi connectivity index (χ2n) is 3.35. The maximum absolute atomic E-state index is 11.5. The van der Waals surface area contributed by atoms with Gasteiger partial charge < -0.3 is 21.0 Å². The minimum atomic E-state index is -1.29. The van der Waals surface area contributed by atoms with E-state index in [0.717, 1.165) is 18.2 Å².